The number of aliphatic hydroxyl groups is 1. The fraction of sp³-hybridized carbons (Fsp3) is 0.172. The molecule has 0 saturated heterocycles. The highest BCUT2D eigenvalue weighted by molar-refractivity contribution is 5.85. The van der Waals surface area contributed by atoms with Crippen molar-refractivity contribution in [2.45, 2.75) is 32.3 Å². The third-order valence-corrected chi connectivity index (χ3v) is 6.65. The molecule has 2 aromatic heterocycles. The predicted octanol–water partition coefficient (Wildman–Crippen LogP) is 6.21. The molecule has 38 heavy (non-hydrogen) atoms. The third-order valence-electron chi connectivity index (χ3n) is 6.65. The Hall–Kier alpha value is -4.50. The molecule has 0 bridgehead atoms. The van der Waals surface area contributed by atoms with E-state index in [-0.39, 0.29) is 23.6 Å². The Labute approximate surface area is 216 Å². The number of halogens is 2. The number of nitrogens with zero attached hydrogens (tertiary/aromatic N) is 1. The fourth-order valence-corrected chi connectivity index (χ4v) is 4.43. The van der Waals surface area contributed by atoms with Gasteiger partial charge in [0, 0.05) is 29.6 Å². The molecular formula is C29H25F2N3O4. The molecule has 0 amide bonds. The maximum atomic E-state index is 14.8. The van der Waals surface area contributed by atoms with E-state index in [9.17, 15) is 18.7 Å². The summed E-state index contributed by atoms with van der Waals surface area (Å²) in [6, 6.07) is 14.2. The van der Waals surface area contributed by atoms with Crippen LogP contribution in [0.2, 0.25) is 0 Å². The van der Waals surface area contributed by atoms with Crippen LogP contribution in [0.25, 0.3) is 22.3 Å². The molecule has 1 atom stereocenters. The molecule has 0 saturated carbocycles. The number of carbonyl (C=O) groups is 1. The van der Waals surface area contributed by atoms with Crippen LogP contribution < -0.4 is 4.74 Å². The van der Waals surface area contributed by atoms with Crippen LogP contribution in [0, 0.1) is 18.6 Å². The van der Waals surface area contributed by atoms with E-state index in [4.69, 9.17) is 9.84 Å². The summed E-state index contributed by atoms with van der Waals surface area (Å²) in [6.07, 6.45) is 3.37. The van der Waals surface area contributed by atoms with Crippen LogP contribution in [0.15, 0.2) is 67.0 Å². The SMILES string of the molecule is Cc1c(Oc2ccc(F)c(-c3ncc(C(C)(O)c4cccc(CCC(=O)O)c4)[nH]3)c2)cc(F)c2[nH]ccc12. The van der Waals surface area contributed by atoms with Gasteiger partial charge in [-0.25, -0.2) is 13.8 Å². The third kappa shape index (κ3) is 4.76. The number of benzene rings is 3. The van der Waals surface area contributed by atoms with Crippen molar-refractivity contribution in [1.82, 2.24) is 15.0 Å². The lowest BCUT2D eigenvalue weighted by molar-refractivity contribution is -0.136. The molecule has 2 heterocycles. The Morgan fingerprint density at radius 1 is 1.11 bits per heavy atom. The first kappa shape index (κ1) is 25.2. The van der Waals surface area contributed by atoms with Gasteiger partial charge in [-0.2, -0.15) is 0 Å². The molecule has 0 fully saturated rings. The number of nitrogens with one attached hydrogen (secondary N) is 2. The molecule has 9 heteroatoms. The molecule has 194 valence electrons. The lowest BCUT2D eigenvalue weighted by atomic mass is 9.91. The van der Waals surface area contributed by atoms with Crippen molar-refractivity contribution in [2.75, 3.05) is 0 Å². The summed E-state index contributed by atoms with van der Waals surface area (Å²) in [5.41, 5.74) is 1.35. The van der Waals surface area contributed by atoms with Gasteiger partial charge >= 0.3 is 5.97 Å². The summed E-state index contributed by atoms with van der Waals surface area (Å²) in [7, 11) is 0. The van der Waals surface area contributed by atoms with Gasteiger partial charge in [0.15, 0.2) is 5.82 Å². The summed E-state index contributed by atoms with van der Waals surface area (Å²) in [6.45, 7) is 3.39. The number of H-pyrrole nitrogens is 2. The molecule has 0 aliphatic rings. The number of aromatic nitrogens is 3. The molecule has 0 radical (unpaired) electrons. The second kappa shape index (κ2) is 9.75. The molecule has 0 aliphatic heterocycles. The number of fused-ring (bicyclic) bond motifs is 1. The summed E-state index contributed by atoms with van der Waals surface area (Å²) >= 11 is 0. The van der Waals surface area contributed by atoms with E-state index >= 15 is 0 Å². The highest BCUT2D eigenvalue weighted by atomic mass is 19.1. The fourth-order valence-electron chi connectivity index (χ4n) is 4.43. The Kier molecular flexibility index (Phi) is 6.46. The van der Waals surface area contributed by atoms with Crippen molar-refractivity contribution in [1.29, 1.82) is 0 Å². The van der Waals surface area contributed by atoms with Crippen molar-refractivity contribution >= 4 is 16.9 Å². The van der Waals surface area contributed by atoms with Gasteiger partial charge in [-0.15, -0.1) is 0 Å². The predicted molar refractivity (Wildman–Crippen MR) is 138 cm³/mol. The largest absolute Gasteiger partial charge is 0.481 e. The zero-order valence-electron chi connectivity index (χ0n) is 20.7. The first-order valence-electron chi connectivity index (χ1n) is 12.0. The van der Waals surface area contributed by atoms with Crippen molar-refractivity contribution in [3.63, 3.8) is 0 Å². The van der Waals surface area contributed by atoms with Gasteiger partial charge in [-0.1, -0.05) is 24.3 Å². The first-order chi connectivity index (χ1) is 18.1. The minimum absolute atomic E-state index is 0.0251. The molecule has 7 nitrogen and oxygen atoms in total. The molecule has 3 aromatic carbocycles. The average molecular weight is 518 g/mol. The number of hydrogen-bond acceptors (Lipinski definition) is 4. The van der Waals surface area contributed by atoms with Gasteiger partial charge in [0.2, 0.25) is 0 Å². The van der Waals surface area contributed by atoms with Gasteiger partial charge in [-0.3, -0.25) is 4.79 Å². The van der Waals surface area contributed by atoms with Crippen LogP contribution in [0.3, 0.4) is 0 Å². The van der Waals surface area contributed by atoms with Crippen LogP contribution in [-0.4, -0.2) is 31.1 Å². The standard InChI is InChI=1S/C29H25F2N3O4/c1-16-20-10-11-32-27(20)23(31)14-24(16)38-19-7-8-22(30)21(13-19)28-33-15-25(34-28)29(2,37)18-5-3-4-17(12-18)6-9-26(35)36/h3-5,7-8,10-15,32,37H,6,9H2,1-2H3,(H,33,34)(H,35,36). The van der Waals surface area contributed by atoms with Crippen molar-refractivity contribution < 1.29 is 28.5 Å². The molecule has 4 N–H and O–H groups in total. The zero-order valence-corrected chi connectivity index (χ0v) is 20.7. The van der Waals surface area contributed by atoms with Gasteiger partial charge in [-0.05, 0) is 55.7 Å². The number of ether oxygens (including phenoxy) is 1. The molecule has 5 aromatic rings. The lowest BCUT2D eigenvalue weighted by Crippen LogP contribution is -2.23. The number of aliphatic carboxylic acids is 1. The summed E-state index contributed by atoms with van der Waals surface area (Å²) in [5.74, 6) is -1.16. The Morgan fingerprint density at radius 3 is 2.71 bits per heavy atom. The minimum Gasteiger partial charge on any atom is -0.481 e. The molecule has 0 aliphatic carbocycles. The lowest BCUT2D eigenvalue weighted by Gasteiger charge is -2.23. The number of rotatable bonds is 8. The molecule has 0 spiro atoms. The van der Waals surface area contributed by atoms with Gasteiger partial charge in [0.25, 0.3) is 0 Å². The summed E-state index contributed by atoms with van der Waals surface area (Å²) in [5, 5.41) is 21.0. The number of carboxylic acids is 1. The normalized spacial score (nSPS) is 13.0. The number of hydrogen-bond donors (Lipinski definition) is 4. The quantitative estimate of drug-likeness (QED) is 0.196. The van der Waals surface area contributed by atoms with E-state index in [2.05, 4.69) is 15.0 Å². The van der Waals surface area contributed by atoms with Gasteiger partial charge < -0.3 is 24.9 Å². The highest BCUT2D eigenvalue weighted by Crippen LogP contribution is 2.35. The van der Waals surface area contributed by atoms with Crippen LogP contribution in [-0.2, 0) is 16.8 Å². The van der Waals surface area contributed by atoms with E-state index in [0.717, 1.165) is 11.1 Å². The van der Waals surface area contributed by atoms with E-state index in [1.54, 1.807) is 43.5 Å². The summed E-state index contributed by atoms with van der Waals surface area (Å²) < 4.78 is 35.3. The second-order valence-corrected chi connectivity index (χ2v) is 9.30. The zero-order chi connectivity index (χ0) is 27.0. The Bertz CT molecular complexity index is 1660. The van der Waals surface area contributed by atoms with Crippen LogP contribution in [0.1, 0.15) is 35.7 Å². The van der Waals surface area contributed by atoms with E-state index in [1.807, 2.05) is 6.92 Å². The first-order valence-corrected chi connectivity index (χ1v) is 12.0. The number of aryl methyl sites for hydroxylation is 2. The Balaban J connectivity index is 1.43. The molecule has 5 rings (SSSR count). The maximum absolute atomic E-state index is 14.8. The van der Waals surface area contributed by atoms with E-state index < -0.39 is 23.2 Å². The topological polar surface area (TPSA) is 111 Å². The summed E-state index contributed by atoms with van der Waals surface area (Å²) in [4.78, 5) is 21.1. The minimum atomic E-state index is -1.50. The van der Waals surface area contributed by atoms with Crippen molar-refractivity contribution in [3.05, 3.63) is 101 Å². The molecular weight excluding hydrogens is 492 g/mol. The van der Waals surface area contributed by atoms with E-state index in [0.29, 0.717) is 34.3 Å². The van der Waals surface area contributed by atoms with Crippen molar-refractivity contribution in [3.8, 4) is 22.9 Å². The maximum Gasteiger partial charge on any atom is 0.303 e. The van der Waals surface area contributed by atoms with Crippen LogP contribution in [0.5, 0.6) is 11.5 Å². The van der Waals surface area contributed by atoms with Gasteiger partial charge in [0.05, 0.1) is 23.0 Å². The van der Waals surface area contributed by atoms with Crippen molar-refractivity contribution in [2.24, 2.45) is 0 Å². The highest BCUT2D eigenvalue weighted by Gasteiger charge is 2.29. The number of carboxylic acid groups (broad SMARTS) is 1. The number of imidazole rings is 1. The van der Waals surface area contributed by atoms with Crippen LogP contribution >= 0.6 is 0 Å². The smallest absolute Gasteiger partial charge is 0.303 e. The van der Waals surface area contributed by atoms with Crippen LogP contribution in [0.4, 0.5) is 8.78 Å². The average Bonchev–Trinajstić information content (AvgIpc) is 3.58. The number of aromatic amines is 2. The van der Waals surface area contributed by atoms with Gasteiger partial charge in [0.1, 0.15) is 28.7 Å². The monoisotopic (exact) mass is 517 g/mol. The second-order valence-electron chi connectivity index (χ2n) is 9.30. The van der Waals surface area contributed by atoms with E-state index in [1.165, 1.54) is 30.5 Å². The Morgan fingerprint density at radius 2 is 1.92 bits per heavy atom. The molecule has 1 unspecified atom stereocenters.